The van der Waals surface area contributed by atoms with E-state index in [0.29, 0.717) is 0 Å². The van der Waals surface area contributed by atoms with E-state index in [4.69, 9.17) is 18.7 Å². The summed E-state index contributed by atoms with van der Waals surface area (Å²) in [7, 11) is -0.399. The van der Waals surface area contributed by atoms with Crippen molar-refractivity contribution in [3.05, 3.63) is 84.9 Å². The molecule has 36 heavy (non-hydrogen) atoms. The Bertz CT molecular complexity index is 1780. The molecule has 0 aliphatic carbocycles. The zero-order valence-electron chi connectivity index (χ0n) is 20.8. The van der Waals surface area contributed by atoms with Gasteiger partial charge in [0.05, 0.1) is 16.7 Å². The number of aromatic nitrogens is 1. The van der Waals surface area contributed by atoms with Gasteiger partial charge >= 0.3 is 7.12 Å². The van der Waals surface area contributed by atoms with Crippen LogP contribution >= 0.6 is 0 Å². The standard InChI is InChI=1S/C31H26BNO3/c1-30(2)31(3,4)36-32(35-30)21-16-13-20(14-17-21)27-29-26(23-11-7-8-12-25(23)34-29)24-18-15-19-9-5-6-10-22(19)28(24)33-27/h5-18H,1-4H3. The number of rotatable bonds is 2. The van der Waals surface area contributed by atoms with Crippen LogP contribution in [0.25, 0.3) is 54.9 Å². The average Bonchev–Trinajstić information content (AvgIpc) is 3.37. The number of fused-ring (bicyclic) bond motifs is 7. The van der Waals surface area contributed by atoms with Crippen LogP contribution in [-0.4, -0.2) is 23.3 Å². The van der Waals surface area contributed by atoms with Crippen molar-refractivity contribution in [2.45, 2.75) is 38.9 Å². The molecular weight excluding hydrogens is 445 g/mol. The van der Waals surface area contributed by atoms with Crippen LogP contribution in [0.3, 0.4) is 0 Å². The summed E-state index contributed by atoms with van der Waals surface area (Å²) >= 11 is 0. The summed E-state index contributed by atoms with van der Waals surface area (Å²) in [6.45, 7) is 8.29. The normalized spacial score (nSPS) is 17.1. The summed E-state index contributed by atoms with van der Waals surface area (Å²) in [5, 5.41) is 5.62. The molecule has 0 N–H and O–H groups in total. The van der Waals surface area contributed by atoms with Gasteiger partial charge in [-0.1, -0.05) is 78.9 Å². The molecule has 1 aliphatic heterocycles. The third kappa shape index (κ3) is 3.06. The Morgan fingerprint density at radius 3 is 2.08 bits per heavy atom. The van der Waals surface area contributed by atoms with Crippen LogP contribution in [0.2, 0.25) is 0 Å². The zero-order valence-corrected chi connectivity index (χ0v) is 20.8. The summed E-state index contributed by atoms with van der Waals surface area (Å²) < 4.78 is 18.9. The minimum atomic E-state index is -0.399. The SMILES string of the molecule is CC1(C)OB(c2ccc(-c3nc4c5ccccc5ccc4c4c3oc3ccccc34)cc2)OC1(C)C. The van der Waals surface area contributed by atoms with Gasteiger partial charge in [0.15, 0.2) is 5.58 Å². The molecule has 0 spiro atoms. The predicted molar refractivity (Wildman–Crippen MR) is 148 cm³/mol. The van der Waals surface area contributed by atoms with Crippen molar-refractivity contribution < 1.29 is 13.7 Å². The van der Waals surface area contributed by atoms with Crippen LogP contribution in [0, 0.1) is 0 Å². The number of furan rings is 1. The highest BCUT2D eigenvalue weighted by molar-refractivity contribution is 6.62. The molecule has 5 heteroatoms. The quantitative estimate of drug-likeness (QED) is 0.197. The van der Waals surface area contributed by atoms with E-state index in [0.717, 1.165) is 54.9 Å². The van der Waals surface area contributed by atoms with Gasteiger partial charge in [-0.05, 0) is 44.6 Å². The van der Waals surface area contributed by atoms with Gasteiger partial charge in [-0.2, -0.15) is 0 Å². The van der Waals surface area contributed by atoms with Crippen molar-refractivity contribution >= 4 is 56.2 Å². The van der Waals surface area contributed by atoms with Gasteiger partial charge in [-0.15, -0.1) is 0 Å². The second kappa shape index (κ2) is 7.42. The van der Waals surface area contributed by atoms with Gasteiger partial charge in [0.25, 0.3) is 0 Å². The first-order chi connectivity index (χ1) is 17.3. The molecule has 176 valence electrons. The van der Waals surface area contributed by atoms with E-state index in [2.05, 4.69) is 100 Å². The molecule has 3 heterocycles. The van der Waals surface area contributed by atoms with Crippen molar-refractivity contribution in [2.24, 2.45) is 0 Å². The van der Waals surface area contributed by atoms with Crippen LogP contribution in [-0.2, 0) is 9.31 Å². The maximum absolute atomic E-state index is 6.43. The molecule has 0 radical (unpaired) electrons. The summed E-state index contributed by atoms with van der Waals surface area (Å²) in [6.07, 6.45) is 0. The maximum atomic E-state index is 6.43. The van der Waals surface area contributed by atoms with Gasteiger partial charge in [-0.25, -0.2) is 4.98 Å². The summed E-state index contributed by atoms with van der Waals surface area (Å²) in [5.74, 6) is 0. The Balaban J connectivity index is 1.45. The molecule has 0 unspecified atom stereocenters. The van der Waals surface area contributed by atoms with Crippen molar-refractivity contribution in [3.8, 4) is 11.3 Å². The van der Waals surface area contributed by atoms with E-state index in [1.165, 1.54) is 5.39 Å². The van der Waals surface area contributed by atoms with E-state index < -0.39 is 7.12 Å². The molecule has 1 saturated heterocycles. The Labute approximate surface area is 210 Å². The summed E-state index contributed by atoms with van der Waals surface area (Å²) in [4.78, 5) is 5.21. The molecule has 2 aromatic heterocycles. The maximum Gasteiger partial charge on any atom is 0.494 e. The van der Waals surface area contributed by atoms with E-state index in [9.17, 15) is 0 Å². The van der Waals surface area contributed by atoms with Gasteiger partial charge < -0.3 is 13.7 Å². The van der Waals surface area contributed by atoms with E-state index >= 15 is 0 Å². The van der Waals surface area contributed by atoms with E-state index in [-0.39, 0.29) is 11.2 Å². The average molecular weight is 471 g/mol. The van der Waals surface area contributed by atoms with Gasteiger partial charge in [-0.3, -0.25) is 0 Å². The van der Waals surface area contributed by atoms with Gasteiger partial charge in [0.1, 0.15) is 11.3 Å². The second-order valence-corrected chi connectivity index (χ2v) is 10.7. The van der Waals surface area contributed by atoms with E-state index in [1.54, 1.807) is 0 Å². The highest BCUT2D eigenvalue weighted by Crippen LogP contribution is 2.41. The number of para-hydroxylation sites is 1. The Morgan fingerprint density at radius 2 is 1.33 bits per heavy atom. The number of hydrogen-bond donors (Lipinski definition) is 0. The van der Waals surface area contributed by atoms with Gasteiger partial charge in [0.2, 0.25) is 0 Å². The van der Waals surface area contributed by atoms with Crippen LogP contribution in [0.15, 0.2) is 89.3 Å². The highest BCUT2D eigenvalue weighted by Gasteiger charge is 2.51. The molecule has 4 nitrogen and oxygen atoms in total. The fraction of sp³-hybridized carbons (Fsp3) is 0.194. The molecule has 7 rings (SSSR count). The predicted octanol–water partition coefficient (Wildman–Crippen LogP) is 7.25. The molecule has 4 aromatic carbocycles. The number of hydrogen-bond acceptors (Lipinski definition) is 4. The fourth-order valence-corrected chi connectivity index (χ4v) is 5.19. The van der Waals surface area contributed by atoms with E-state index in [1.807, 2.05) is 12.1 Å². The van der Waals surface area contributed by atoms with Crippen molar-refractivity contribution in [3.63, 3.8) is 0 Å². The summed E-state index contributed by atoms with van der Waals surface area (Å²) in [5.41, 5.74) is 4.73. The number of benzene rings is 4. The molecule has 0 amide bonds. The van der Waals surface area contributed by atoms with Crippen LogP contribution in [0.5, 0.6) is 0 Å². The largest absolute Gasteiger partial charge is 0.494 e. The highest BCUT2D eigenvalue weighted by atomic mass is 16.7. The summed E-state index contributed by atoms with van der Waals surface area (Å²) in [6, 6.07) is 29.3. The van der Waals surface area contributed by atoms with Crippen LogP contribution in [0.1, 0.15) is 27.7 Å². The van der Waals surface area contributed by atoms with Crippen LogP contribution < -0.4 is 5.46 Å². The Morgan fingerprint density at radius 1 is 0.667 bits per heavy atom. The zero-order chi connectivity index (χ0) is 24.7. The van der Waals surface area contributed by atoms with Crippen molar-refractivity contribution in [2.75, 3.05) is 0 Å². The smallest absolute Gasteiger partial charge is 0.454 e. The molecule has 0 saturated carbocycles. The fourth-order valence-electron chi connectivity index (χ4n) is 5.19. The first-order valence-electron chi connectivity index (χ1n) is 12.4. The molecule has 0 bridgehead atoms. The Hall–Kier alpha value is -3.67. The third-order valence-electron chi connectivity index (χ3n) is 7.91. The van der Waals surface area contributed by atoms with Crippen molar-refractivity contribution in [1.82, 2.24) is 4.98 Å². The first kappa shape index (κ1) is 21.6. The van der Waals surface area contributed by atoms with Gasteiger partial charge in [0, 0.05) is 27.1 Å². The minimum absolute atomic E-state index is 0.377. The molecule has 0 atom stereocenters. The third-order valence-corrected chi connectivity index (χ3v) is 7.91. The lowest BCUT2D eigenvalue weighted by Crippen LogP contribution is -2.41. The first-order valence-corrected chi connectivity index (χ1v) is 12.4. The lowest BCUT2D eigenvalue weighted by atomic mass is 9.78. The molecule has 1 aliphatic rings. The topological polar surface area (TPSA) is 44.5 Å². The van der Waals surface area contributed by atoms with Crippen LogP contribution in [0.4, 0.5) is 0 Å². The lowest BCUT2D eigenvalue weighted by Gasteiger charge is -2.32. The monoisotopic (exact) mass is 471 g/mol. The molecule has 6 aromatic rings. The lowest BCUT2D eigenvalue weighted by molar-refractivity contribution is 0.00578. The minimum Gasteiger partial charge on any atom is -0.454 e. The number of pyridine rings is 1. The molecule has 1 fully saturated rings. The second-order valence-electron chi connectivity index (χ2n) is 10.7. The Kier molecular flexibility index (Phi) is 4.45. The molecular formula is C31H26BNO3. The van der Waals surface area contributed by atoms with Crippen molar-refractivity contribution in [1.29, 1.82) is 0 Å². The number of nitrogens with zero attached hydrogens (tertiary/aromatic N) is 1.